The summed E-state index contributed by atoms with van der Waals surface area (Å²) in [5.41, 5.74) is 1.31. The van der Waals surface area contributed by atoms with Crippen LogP contribution in [0.4, 0.5) is 0 Å². The summed E-state index contributed by atoms with van der Waals surface area (Å²) in [7, 11) is 3.08. The van der Waals surface area contributed by atoms with Crippen LogP contribution in [0.1, 0.15) is 0 Å². The average Bonchev–Trinajstić information content (AvgIpc) is 2.66. The lowest BCUT2D eigenvalue weighted by Gasteiger charge is -2.10. The lowest BCUT2D eigenvalue weighted by atomic mass is 10.0. The van der Waals surface area contributed by atoms with Gasteiger partial charge in [-0.1, -0.05) is 6.07 Å². The van der Waals surface area contributed by atoms with Crippen LogP contribution < -0.4 is 19.6 Å². The predicted octanol–water partition coefficient (Wildman–Crippen LogP) is 3.38. The first-order chi connectivity index (χ1) is 12.2. The highest BCUT2D eigenvalue weighted by atomic mass is 16.5. The molecule has 0 spiro atoms. The topological polar surface area (TPSA) is 81.7 Å². The number of ether oxygens (including phenoxy) is 3. The quantitative estimate of drug-likeness (QED) is 0.710. The monoisotopic (exact) mass is 337 g/mol. The van der Waals surface area contributed by atoms with E-state index in [0.29, 0.717) is 39.3 Å². The molecule has 0 fully saturated rings. The van der Waals surface area contributed by atoms with Crippen molar-refractivity contribution in [3.05, 3.63) is 52.9 Å². The summed E-state index contributed by atoms with van der Waals surface area (Å²) in [5, 5.41) is 8.99. The summed E-state index contributed by atoms with van der Waals surface area (Å²) in [4.78, 5) is 12.8. The van der Waals surface area contributed by atoms with Crippen LogP contribution in [-0.2, 0) is 0 Å². The van der Waals surface area contributed by atoms with Gasteiger partial charge in [0.15, 0.2) is 23.5 Å². The van der Waals surface area contributed by atoms with Crippen LogP contribution in [0.5, 0.6) is 17.2 Å². The van der Waals surface area contributed by atoms with Gasteiger partial charge in [0.25, 0.3) is 0 Å². The van der Waals surface area contributed by atoms with Gasteiger partial charge in [-0.15, -0.1) is 0 Å². The van der Waals surface area contributed by atoms with Gasteiger partial charge in [-0.25, -0.2) is 0 Å². The molecule has 1 heterocycles. The van der Waals surface area contributed by atoms with Crippen molar-refractivity contribution in [2.45, 2.75) is 0 Å². The van der Waals surface area contributed by atoms with Gasteiger partial charge in [-0.2, -0.15) is 5.26 Å². The van der Waals surface area contributed by atoms with Gasteiger partial charge in [0.2, 0.25) is 0 Å². The largest absolute Gasteiger partial charge is 0.493 e. The zero-order valence-electron chi connectivity index (χ0n) is 13.7. The molecule has 0 N–H and O–H groups in total. The van der Waals surface area contributed by atoms with Crippen molar-refractivity contribution in [2.75, 3.05) is 20.8 Å². The summed E-state index contributed by atoms with van der Waals surface area (Å²) in [6.07, 6.45) is 1.40. The van der Waals surface area contributed by atoms with Crippen LogP contribution in [-0.4, -0.2) is 20.8 Å². The van der Waals surface area contributed by atoms with E-state index >= 15 is 0 Å². The van der Waals surface area contributed by atoms with E-state index in [1.54, 1.807) is 43.5 Å². The van der Waals surface area contributed by atoms with Crippen LogP contribution in [0.3, 0.4) is 0 Å². The van der Waals surface area contributed by atoms with Crippen LogP contribution in [0.25, 0.3) is 22.1 Å². The Hall–Kier alpha value is -3.46. The Labute approximate surface area is 143 Å². The lowest BCUT2D eigenvalue weighted by molar-refractivity contribution is 0.355. The second kappa shape index (κ2) is 6.97. The van der Waals surface area contributed by atoms with E-state index in [-0.39, 0.29) is 12.0 Å². The van der Waals surface area contributed by atoms with Crippen LogP contribution in [0.15, 0.2) is 51.9 Å². The molecule has 6 heteroatoms. The van der Waals surface area contributed by atoms with Crippen molar-refractivity contribution in [3.8, 4) is 34.4 Å². The van der Waals surface area contributed by atoms with Gasteiger partial charge >= 0.3 is 0 Å². The lowest BCUT2D eigenvalue weighted by Crippen LogP contribution is -2.05. The molecule has 3 aromatic rings. The highest BCUT2D eigenvalue weighted by molar-refractivity contribution is 5.83. The fourth-order valence-electron chi connectivity index (χ4n) is 2.52. The molecule has 0 aliphatic heterocycles. The maximum atomic E-state index is 12.8. The second-order valence-electron chi connectivity index (χ2n) is 5.15. The molecule has 1 aromatic heterocycles. The molecule has 0 atom stereocenters. The summed E-state index contributed by atoms with van der Waals surface area (Å²) in [6, 6.07) is 12.0. The third-order valence-electron chi connectivity index (χ3n) is 3.74. The summed E-state index contributed by atoms with van der Waals surface area (Å²) in [5.74, 6) is 1.58. The Balaban J connectivity index is 2.08. The summed E-state index contributed by atoms with van der Waals surface area (Å²) < 4.78 is 21.3. The number of fused-ring (bicyclic) bond motifs is 1. The molecule has 3 rings (SSSR count). The second-order valence-corrected chi connectivity index (χ2v) is 5.15. The van der Waals surface area contributed by atoms with Crippen LogP contribution in [0.2, 0.25) is 0 Å². The van der Waals surface area contributed by atoms with E-state index in [1.165, 1.54) is 13.4 Å². The predicted molar refractivity (Wildman–Crippen MR) is 92.1 cm³/mol. The molecule has 126 valence electrons. The third kappa shape index (κ3) is 3.12. The SMILES string of the molecule is COc1ccc(-c2coc3cc(OCC#N)ccc3c2=O)cc1OC. The summed E-state index contributed by atoms with van der Waals surface area (Å²) in [6.45, 7) is -0.0700. The maximum absolute atomic E-state index is 12.8. The van der Waals surface area contributed by atoms with E-state index in [4.69, 9.17) is 23.9 Å². The summed E-state index contributed by atoms with van der Waals surface area (Å²) >= 11 is 0. The van der Waals surface area contributed by atoms with Crippen LogP contribution in [0, 0.1) is 11.3 Å². The zero-order valence-corrected chi connectivity index (χ0v) is 13.7. The van der Waals surface area contributed by atoms with Gasteiger partial charge in [0.05, 0.1) is 25.2 Å². The Bertz CT molecular complexity index is 1020. The zero-order chi connectivity index (χ0) is 17.8. The third-order valence-corrected chi connectivity index (χ3v) is 3.74. The van der Waals surface area contributed by atoms with Gasteiger partial charge in [-0.05, 0) is 29.8 Å². The number of methoxy groups -OCH3 is 2. The molecule has 6 nitrogen and oxygen atoms in total. The molecule has 0 bridgehead atoms. The van der Waals surface area contributed by atoms with Gasteiger partial charge in [-0.3, -0.25) is 4.79 Å². The highest BCUT2D eigenvalue weighted by Crippen LogP contribution is 2.32. The molecule has 0 unspecified atom stereocenters. The van der Waals surface area contributed by atoms with Crippen molar-refractivity contribution >= 4 is 11.0 Å². The van der Waals surface area contributed by atoms with Gasteiger partial charge in [0.1, 0.15) is 23.7 Å². The van der Waals surface area contributed by atoms with Gasteiger partial charge < -0.3 is 18.6 Å². The Morgan fingerprint density at radius 1 is 1.08 bits per heavy atom. The first-order valence-electron chi connectivity index (χ1n) is 7.45. The molecule has 2 aromatic carbocycles. The van der Waals surface area contributed by atoms with E-state index in [0.717, 1.165) is 0 Å². The number of benzene rings is 2. The molecule has 0 aliphatic rings. The molecular weight excluding hydrogens is 322 g/mol. The normalized spacial score (nSPS) is 10.3. The molecule has 0 saturated carbocycles. The van der Waals surface area contributed by atoms with E-state index < -0.39 is 0 Å². The van der Waals surface area contributed by atoms with E-state index in [2.05, 4.69) is 0 Å². The fourth-order valence-corrected chi connectivity index (χ4v) is 2.52. The molecule has 0 saturated heterocycles. The van der Waals surface area contributed by atoms with Crippen molar-refractivity contribution in [1.82, 2.24) is 0 Å². The molecule has 0 radical (unpaired) electrons. The van der Waals surface area contributed by atoms with Crippen molar-refractivity contribution in [3.63, 3.8) is 0 Å². The highest BCUT2D eigenvalue weighted by Gasteiger charge is 2.13. The number of rotatable bonds is 5. The van der Waals surface area contributed by atoms with Crippen molar-refractivity contribution < 1.29 is 18.6 Å². The molecule has 0 amide bonds. The average molecular weight is 337 g/mol. The number of hydrogen-bond donors (Lipinski definition) is 0. The Kier molecular flexibility index (Phi) is 4.57. The van der Waals surface area contributed by atoms with Crippen molar-refractivity contribution in [1.29, 1.82) is 5.26 Å². The first kappa shape index (κ1) is 16.4. The minimum absolute atomic E-state index is 0.0700. The smallest absolute Gasteiger partial charge is 0.200 e. The maximum Gasteiger partial charge on any atom is 0.200 e. The molecule has 0 aliphatic carbocycles. The molecule has 25 heavy (non-hydrogen) atoms. The minimum Gasteiger partial charge on any atom is -0.493 e. The van der Waals surface area contributed by atoms with E-state index in [9.17, 15) is 4.79 Å². The number of nitrogens with zero attached hydrogens (tertiary/aromatic N) is 1. The Morgan fingerprint density at radius 2 is 1.88 bits per heavy atom. The number of hydrogen-bond acceptors (Lipinski definition) is 6. The Morgan fingerprint density at radius 3 is 2.60 bits per heavy atom. The number of nitriles is 1. The molecular formula is C19H15NO5. The fraction of sp³-hybridized carbons (Fsp3) is 0.158. The van der Waals surface area contributed by atoms with Crippen LogP contribution >= 0.6 is 0 Å². The van der Waals surface area contributed by atoms with E-state index in [1.807, 2.05) is 6.07 Å². The first-order valence-corrected chi connectivity index (χ1v) is 7.45. The standard InChI is InChI=1S/C19H15NO5/c1-22-16-6-3-12(9-18(16)23-2)15-11-25-17-10-13(24-8-7-20)4-5-14(17)19(15)21/h3-6,9-11H,8H2,1-2H3. The van der Waals surface area contributed by atoms with Gasteiger partial charge in [0, 0.05) is 6.07 Å². The van der Waals surface area contributed by atoms with Crippen molar-refractivity contribution in [2.24, 2.45) is 0 Å². The minimum atomic E-state index is -0.166.